The van der Waals surface area contributed by atoms with Crippen molar-refractivity contribution >= 4 is 16.7 Å². The van der Waals surface area contributed by atoms with Gasteiger partial charge in [-0.2, -0.15) is 0 Å². The predicted octanol–water partition coefficient (Wildman–Crippen LogP) is 4.59. The van der Waals surface area contributed by atoms with E-state index < -0.39 is 0 Å². The first kappa shape index (κ1) is 14.8. The van der Waals surface area contributed by atoms with E-state index in [1.54, 1.807) is 0 Å². The first-order valence-electron chi connectivity index (χ1n) is 8.25. The average molecular weight is 316 g/mol. The Morgan fingerprint density at radius 2 is 1.58 bits per heavy atom. The number of hydrogen-bond acceptors (Lipinski definition) is 3. The minimum Gasteiger partial charge on any atom is -0.466 e. The Balaban J connectivity index is 1.79. The summed E-state index contributed by atoms with van der Waals surface area (Å²) in [5, 5.41) is 9.04. The molecule has 3 aromatic carbocycles. The van der Waals surface area contributed by atoms with Crippen molar-refractivity contribution in [2.24, 2.45) is 5.10 Å². The molecule has 0 radical (unpaired) electrons. The molecule has 0 bridgehead atoms. The normalized spacial score (nSPS) is 20.6. The van der Waals surface area contributed by atoms with E-state index in [1.165, 1.54) is 10.9 Å². The highest BCUT2D eigenvalue weighted by molar-refractivity contribution is 6.07. The Bertz CT molecular complexity index is 883. The molecule has 1 heterocycles. The van der Waals surface area contributed by atoms with Gasteiger partial charge in [-0.15, -0.1) is 5.10 Å². The van der Waals surface area contributed by atoms with Crippen molar-refractivity contribution in [3.63, 3.8) is 0 Å². The maximum Gasteiger partial charge on any atom is 0.239 e. The molecule has 0 aliphatic carbocycles. The van der Waals surface area contributed by atoms with Crippen LogP contribution in [0.1, 0.15) is 24.2 Å². The fourth-order valence-electron chi connectivity index (χ4n) is 3.19. The van der Waals surface area contributed by atoms with Crippen molar-refractivity contribution in [2.75, 3.05) is 7.05 Å². The number of likely N-dealkylation sites (N-methyl/N-ethyl adjacent to an activating group) is 1. The van der Waals surface area contributed by atoms with E-state index in [4.69, 9.17) is 4.74 Å². The highest BCUT2D eigenvalue weighted by atomic mass is 16.5. The van der Waals surface area contributed by atoms with Crippen LogP contribution in [-0.2, 0) is 4.74 Å². The fraction of sp³-hybridized carbons (Fsp3) is 0.190. The van der Waals surface area contributed by atoms with Gasteiger partial charge in [0.25, 0.3) is 0 Å². The molecule has 0 fully saturated rings. The molecule has 0 aromatic heterocycles. The molecular weight excluding hydrogens is 296 g/mol. The molecule has 0 amide bonds. The van der Waals surface area contributed by atoms with Crippen LogP contribution < -0.4 is 0 Å². The van der Waals surface area contributed by atoms with E-state index in [2.05, 4.69) is 78.8 Å². The summed E-state index contributed by atoms with van der Waals surface area (Å²) in [7, 11) is 2.01. The number of hydrogen-bond donors (Lipinski definition) is 0. The van der Waals surface area contributed by atoms with Crippen molar-refractivity contribution < 1.29 is 4.74 Å². The molecular formula is C21H20N2O. The van der Waals surface area contributed by atoms with Crippen LogP contribution in [0.4, 0.5) is 0 Å². The second-order valence-electron chi connectivity index (χ2n) is 6.20. The van der Waals surface area contributed by atoms with Gasteiger partial charge in [0.1, 0.15) is 6.10 Å². The SMILES string of the molecule is C[C@H]1[C@@H](c2ccccc2)OC(c2cccc3ccccc23)=NN1C. The maximum absolute atomic E-state index is 6.36. The van der Waals surface area contributed by atoms with Gasteiger partial charge in [-0.05, 0) is 29.3 Å². The number of fused-ring (bicyclic) bond motifs is 1. The van der Waals surface area contributed by atoms with Crippen LogP contribution >= 0.6 is 0 Å². The first-order valence-corrected chi connectivity index (χ1v) is 8.25. The van der Waals surface area contributed by atoms with Gasteiger partial charge in [-0.1, -0.05) is 66.7 Å². The summed E-state index contributed by atoms with van der Waals surface area (Å²) in [6, 6.07) is 25.1. The highest BCUT2D eigenvalue weighted by Crippen LogP contribution is 2.31. The molecule has 1 aliphatic heterocycles. The highest BCUT2D eigenvalue weighted by Gasteiger charge is 2.31. The lowest BCUT2D eigenvalue weighted by molar-refractivity contribution is 0.0534. The summed E-state index contributed by atoms with van der Waals surface area (Å²) in [6.45, 7) is 2.14. The lowest BCUT2D eigenvalue weighted by Gasteiger charge is -2.36. The van der Waals surface area contributed by atoms with Crippen molar-refractivity contribution in [3.8, 4) is 0 Å². The molecule has 0 spiro atoms. The second kappa shape index (κ2) is 6.00. The van der Waals surface area contributed by atoms with Gasteiger partial charge in [0.2, 0.25) is 5.90 Å². The van der Waals surface area contributed by atoms with Gasteiger partial charge >= 0.3 is 0 Å². The van der Waals surface area contributed by atoms with Crippen LogP contribution in [0.15, 0.2) is 77.9 Å². The monoisotopic (exact) mass is 316 g/mol. The van der Waals surface area contributed by atoms with Crippen molar-refractivity contribution in [1.82, 2.24) is 5.01 Å². The van der Waals surface area contributed by atoms with E-state index in [0.717, 1.165) is 10.9 Å². The van der Waals surface area contributed by atoms with Crippen molar-refractivity contribution in [3.05, 3.63) is 83.9 Å². The molecule has 2 atom stereocenters. The zero-order valence-electron chi connectivity index (χ0n) is 13.9. The third-order valence-electron chi connectivity index (χ3n) is 4.66. The van der Waals surface area contributed by atoms with E-state index in [-0.39, 0.29) is 12.1 Å². The Morgan fingerprint density at radius 3 is 2.42 bits per heavy atom. The van der Waals surface area contributed by atoms with E-state index in [0.29, 0.717) is 5.90 Å². The number of nitrogens with zero attached hydrogens (tertiary/aromatic N) is 2. The van der Waals surface area contributed by atoms with Gasteiger partial charge in [0.15, 0.2) is 0 Å². The molecule has 3 nitrogen and oxygen atoms in total. The number of ether oxygens (including phenoxy) is 1. The van der Waals surface area contributed by atoms with Crippen molar-refractivity contribution in [1.29, 1.82) is 0 Å². The largest absolute Gasteiger partial charge is 0.466 e. The van der Waals surface area contributed by atoms with Gasteiger partial charge in [0.05, 0.1) is 6.04 Å². The van der Waals surface area contributed by atoms with E-state index in [1.807, 2.05) is 18.1 Å². The summed E-state index contributed by atoms with van der Waals surface area (Å²) in [5.41, 5.74) is 2.21. The van der Waals surface area contributed by atoms with Gasteiger partial charge in [-0.3, -0.25) is 5.01 Å². The van der Waals surface area contributed by atoms with E-state index >= 15 is 0 Å². The second-order valence-corrected chi connectivity index (χ2v) is 6.20. The quantitative estimate of drug-likeness (QED) is 0.690. The van der Waals surface area contributed by atoms with Crippen LogP contribution in [0.5, 0.6) is 0 Å². The van der Waals surface area contributed by atoms with Crippen LogP contribution in [0.25, 0.3) is 10.8 Å². The molecule has 4 rings (SSSR count). The molecule has 24 heavy (non-hydrogen) atoms. The fourth-order valence-corrected chi connectivity index (χ4v) is 3.19. The van der Waals surface area contributed by atoms with Crippen molar-refractivity contribution in [2.45, 2.75) is 19.1 Å². The molecule has 0 N–H and O–H groups in total. The van der Waals surface area contributed by atoms with Gasteiger partial charge in [-0.25, -0.2) is 0 Å². The minimum atomic E-state index is -0.0392. The molecule has 0 unspecified atom stereocenters. The van der Waals surface area contributed by atoms with Gasteiger partial charge in [0, 0.05) is 12.6 Å². The summed E-state index contributed by atoms with van der Waals surface area (Å²) >= 11 is 0. The number of benzene rings is 3. The zero-order valence-corrected chi connectivity index (χ0v) is 13.9. The third-order valence-corrected chi connectivity index (χ3v) is 4.66. The Labute approximate surface area is 142 Å². The standard InChI is InChI=1S/C21H20N2O/c1-15-20(17-10-4-3-5-11-17)24-21(22-23(15)2)19-14-8-12-16-9-6-7-13-18(16)19/h3-15,20H,1-2H3/t15-,20-/m0/s1. The van der Waals surface area contributed by atoms with Crippen LogP contribution in [0, 0.1) is 0 Å². The molecule has 0 saturated carbocycles. The molecule has 3 heteroatoms. The molecule has 0 saturated heterocycles. The van der Waals surface area contributed by atoms with Crippen LogP contribution in [-0.4, -0.2) is 24.0 Å². The Morgan fingerprint density at radius 1 is 0.875 bits per heavy atom. The topological polar surface area (TPSA) is 24.8 Å². The van der Waals surface area contributed by atoms with E-state index in [9.17, 15) is 0 Å². The summed E-state index contributed by atoms with van der Waals surface area (Å²) in [6.07, 6.45) is -0.0392. The molecule has 3 aromatic rings. The summed E-state index contributed by atoms with van der Waals surface area (Å²) in [4.78, 5) is 0. The predicted molar refractivity (Wildman–Crippen MR) is 98.0 cm³/mol. The molecule has 120 valence electrons. The average Bonchev–Trinajstić information content (AvgIpc) is 2.64. The summed E-state index contributed by atoms with van der Waals surface area (Å²) < 4.78 is 6.36. The first-order chi connectivity index (χ1) is 11.7. The number of hydrazone groups is 1. The lowest BCUT2D eigenvalue weighted by Crippen LogP contribution is -2.39. The zero-order chi connectivity index (χ0) is 16.5. The lowest BCUT2D eigenvalue weighted by atomic mass is 10.0. The van der Waals surface area contributed by atoms with Crippen LogP contribution in [0.2, 0.25) is 0 Å². The number of rotatable bonds is 2. The van der Waals surface area contributed by atoms with Gasteiger partial charge < -0.3 is 4.74 Å². The minimum absolute atomic E-state index is 0.0392. The molecule has 1 aliphatic rings. The summed E-state index contributed by atoms with van der Waals surface area (Å²) in [5.74, 6) is 0.682. The van der Waals surface area contributed by atoms with Crippen LogP contribution in [0.3, 0.4) is 0 Å². The maximum atomic E-state index is 6.36. The Kier molecular flexibility index (Phi) is 3.69. The Hall–Kier alpha value is -2.81. The smallest absolute Gasteiger partial charge is 0.239 e. The third kappa shape index (κ3) is 2.52.